The third-order valence-electron chi connectivity index (χ3n) is 3.98. The van der Waals surface area contributed by atoms with Gasteiger partial charge in [-0.3, -0.25) is 0 Å². The van der Waals surface area contributed by atoms with Gasteiger partial charge in [0.1, 0.15) is 0 Å². The summed E-state index contributed by atoms with van der Waals surface area (Å²) in [6.45, 7) is 7.64. The van der Waals surface area contributed by atoms with E-state index >= 15 is 0 Å². The van der Waals surface area contributed by atoms with E-state index < -0.39 is 5.60 Å². The Morgan fingerprint density at radius 1 is 1.60 bits per heavy atom. The molecular formula is C12H25NO2. The molecule has 0 saturated heterocycles. The Hall–Kier alpha value is -0.120. The van der Waals surface area contributed by atoms with Gasteiger partial charge < -0.3 is 15.6 Å². The predicted molar refractivity (Wildman–Crippen MR) is 61.6 cm³/mol. The van der Waals surface area contributed by atoms with Gasteiger partial charge in [0.25, 0.3) is 0 Å². The first-order chi connectivity index (χ1) is 6.97. The van der Waals surface area contributed by atoms with Crippen LogP contribution in [0.15, 0.2) is 0 Å². The minimum absolute atomic E-state index is 0.137. The summed E-state index contributed by atoms with van der Waals surface area (Å²) in [4.78, 5) is 0. The molecule has 0 aliphatic heterocycles. The molecule has 0 amide bonds. The van der Waals surface area contributed by atoms with Gasteiger partial charge in [0.2, 0.25) is 0 Å². The lowest BCUT2D eigenvalue weighted by atomic mass is 9.71. The number of rotatable bonds is 5. The van der Waals surface area contributed by atoms with Crippen molar-refractivity contribution in [1.82, 2.24) is 0 Å². The van der Waals surface area contributed by atoms with Crippen molar-refractivity contribution in [2.45, 2.75) is 45.6 Å². The Morgan fingerprint density at radius 3 is 2.67 bits per heavy atom. The number of hydrogen-bond donors (Lipinski definition) is 2. The Kier molecular flexibility index (Phi) is 4.15. The van der Waals surface area contributed by atoms with E-state index in [0.29, 0.717) is 25.7 Å². The van der Waals surface area contributed by atoms with E-state index in [4.69, 9.17) is 10.5 Å². The van der Waals surface area contributed by atoms with Gasteiger partial charge in [-0.1, -0.05) is 13.3 Å². The fourth-order valence-corrected chi connectivity index (χ4v) is 2.74. The Bertz CT molecular complexity index is 206. The largest absolute Gasteiger partial charge is 0.387 e. The molecule has 0 heterocycles. The molecule has 0 aromatic rings. The van der Waals surface area contributed by atoms with Crippen LogP contribution < -0.4 is 5.73 Å². The second kappa shape index (κ2) is 4.81. The first kappa shape index (κ1) is 12.9. The van der Waals surface area contributed by atoms with Crippen LogP contribution >= 0.6 is 0 Å². The molecule has 3 atom stereocenters. The predicted octanol–water partition coefficient (Wildman–Crippen LogP) is 1.54. The summed E-state index contributed by atoms with van der Waals surface area (Å²) in [6.07, 6.45) is 3.20. The molecule has 1 saturated carbocycles. The number of hydrogen-bond acceptors (Lipinski definition) is 3. The second-order valence-corrected chi connectivity index (χ2v) is 5.24. The maximum absolute atomic E-state index is 10.5. The van der Waals surface area contributed by atoms with Crippen molar-refractivity contribution in [3.63, 3.8) is 0 Å². The summed E-state index contributed by atoms with van der Waals surface area (Å²) in [5, 5.41) is 10.5. The first-order valence-electron chi connectivity index (χ1n) is 5.97. The fraction of sp³-hybridized carbons (Fsp3) is 1.00. The lowest BCUT2D eigenvalue weighted by Crippen LogP contribution is -2.52. The topological polar surface area (TPSA) is 55.5 Å². The zero-order chi connectivity index (χ0) is 11.5. The average molecular weight is 215 g/mol. The minimum atomic E-state index is -0.789. The van der Waals surface area contributed by atoms with Gasteiger partial charge in [0, 0.05) is 18.6 Å². The van der Waals surface area contributed by atoms with Crippen LogP contribution in [-0.4, -0.2) is 30.5 Å². The zero-order valence-corrected chi connectivity index (χ0v) is 10.3. The summed E-state index contributed by atoms with van der Waals surface area (Å²) in [5.74, 6) is 0.668. The normalized spacial score (nSPS) is 35.4. The smallest absolute Gasteiger partial charge is 0.0920 e. The van der Waals surface area contributed by atoms with E-state index in [-0.39, 0.29) is 5.41 Å². The SMILES string of the molecule is CCOCC(C)(O)C1(CN)CCC(C)C1. The Labute approximate surface area is 93.0 Å². The molecule has 1 aliphatic rings. The second-order valence-electron chi connectivity index (χ2n) is 5.24. The van der Waals surface area contributed by atoms with Gasteiger partial charge in [0.05, 0.1) is 12.2 Å². The van der Waals surface area contributed by atoms with E-state index in [2.05, 4.69) is 6.92 Å². The summed E-state index contributed by atoms with van der Waals surface area (Å²) >= 11 is 0. The van der Waals surface area contributed by atoms with Crippen LogP contribution in [0, 0.1) is 11.3 Å². The van der Waals surface area contributed by atoms with E-state index in [1.54, 1.807) is 0 Å². The summed E-state index contributed by atoms with van der Waals surface area (Å²) in [7, 11) is 0. The lowest BCUT2D eigenvalue weighted by molar-refractivity contribution is -0.115. The molecule has 3 nitrogen and oxygen atoms in total. The van der Waals surface area contributed by atoms with Crippen molar-refractivity contribution in [3.8, 4) is 0 Å². The first-order valence-corrected chi connectivity index (χ1v) is 5.97. The van der Waals surface area contributed by atoms with Gasteiger partial charge in [-0.25, -0.2) is 0 Å². The maximum Gasteiger partial charge on any atom is 0.0920 e. The van der Waals surface area contributed by atoms with E-state index in [1.807, 2.05) is 13.8 Å². The number of aliphatic hydroxyl groups is 1. The maximum atomic E-state index is 10.5. The molecule has 3 heteroatoms. The van der Waals surface area contributed by atoms with E-state index in [0.717, 1.165) is 12.8 Å². The highest BCUT2D eigenvalue weighted by Gasteiger charge is 2.49. The van der Waals surface area contributed by atoms with Crippen LogP contribution in [0.1, 0.15) is 40.0 Å². The van der Waals surface area contributed by atoms with Crippen molar-refractivity contribution in [1.29, 1.82) is 0 Å². The van der Waals surface area contributed by atoms with Gasteiger partial charge >= 0.3 is 0 Å². The summed E-state index contributed by atoms with van der Waals surface area (Å²) in [6, 6.07) is 0. The molecule has 0 aromatic heterocycles. The highest BCUT2D eigenvalue weighted by molar-refractivity contribution is 5.01. The fourth-order valence-electron chi connectivity index (χ4n) is 2.74. The van der Waals surface area contributed by atoms with Crippen molar-refractivity contribution in [2.24, 2.45) is 17.1 Å². The highest BCUT2D eigenvalue weighted by Crippen LogP contribution is 2.48. The molecule has 90 valence electrons. The van der Waals surface area contributed by atoms with Crippen LogP contribution in [-0.2, 0) is 4.74 Å². The van der Waals surface area contributed by atoms with Crippen molar-refractivity contribution in [2.75, 3.05) is 19.8 Å². The van der Waals surface area contributed by atoms with Crippen molar-refractivity contribution >= 4 is 0 Å². The van der Waals surface area contributed by atoms with Crippen LogP contribution in [0.5, 0.6) is 0 Å². The van der Waals surface area contributed by atoms with Crippen LogP contribution in [0.2, 0.25) is 0 Å². The molecule has 0 spiro atoms. The highest BCUT2D eigenvalue weighted by atomic mass is 16.5. The molecule has 0 aromatic carbocycles. The molecule has 3 unspecified atom stereocenters. The van der Waals surface area contributed by atoms with Gasteiger partial charge in [-0.05, 0) is 32.6 Å². The van der Waals surface area contributed by atoms with Crippen molar-refractivity contribution in [3.05, 3.63) is 0 Å². The molecule has 0 radical (unpaired) electrons. The lowest BCUT2D eigenvalue weighted by Gasteiger charge is -2.42. The van der Waals surface area contributed by atoms with Crippen LogP contribution in [0.4, 0.5) is 0 Å². The molecule has 1 rings (SSSR count). The van der Waals surface area contributed by atoms with E-state index in [1.165, 1.54) is 6.42 Å². The third kappa shape index (κ3) is 2.52. The molecule has 1 fully saturated rings. The van der Waals surface area contributed by atoms with Crippen molar-refractivity contribution < 1.29 is 9.84 Å². The summed E-state index contributed by atoms with van der Waals surface area (Å²) < 4.78 is 5.37. The molecular weight excluding hydrogens is 190 g/mol. The average Bonchev–Trinajstić information content (AvgIpc) is 2.59. The number of ether oxygens (including phenoxy) is 1. The third-order valence-corrected chi connectivity index (χ3v) is 3.98. The number of nitrogens with two attached hydrogens (primary N) is 1. The Balaban J connectivity index is 2.71. The van der Waals surface area contributed by atoms with E-state index in [9.17, 15) is 5.11 Å². The molecule has 1 aliphatic carbocycles. The molecule has 15 heavy (non-hydrogen) atoms. The minimum Gasteiger partial charge on any atom is -0.387 e. The Morgan fingerprint density at radius 2 is 2.27 bits per heavy atom. The van der Waals surface area contributed by atoms with Gasteiger partial charge in [-0.2, -0.15) is 0 Å². The summed E-state index contributed by atoms with van der Waals surface area (Å²) in [5.41, 5.74) is 4.95. The monoisotopic (exact) mass is 215 g/mol. The zero-order valence-electron chi connectivity index (χ0n) is 10.3. The standard InChI is InChI=1S/C12H25NO2/c1-4-15-9-11(3,14)12(8-13)6-5-10(2)7-12/h10,14H,4-9,13H2,1-3H3. The van der Waals surface area contributed by atoms with Crippen LogP contribution in [0.3, 0.4) is 0 Å². The van der Waals surface area contributed by atoms with Gasteiger partial charge in [0.15, 0.2) is 0 Å². The van der Waals surface area contributed by atoms with Crippen LogP contribution in [0.25, 0.3) is 0 Å². The molecule has 3 N–H and O–H groups in total. The molecule has 0 bridgehead atoms. The quantitative estimate of drug-likeness (QED) is 0.731. The van der Waals surface area contributed by atoms with Gasteiger partial charge in [-0.15, -0.1) is 0 Å².